The molecule has 1 aliphatic heterocycles. The number of Topliss-reactive ketones (excluding diaryl/α,β-unsaturated/α-hetero) is 1. The third-order valence-electron chi connectivity index (χ3n) is 5.61. The second kappa shape index (κ2) is 10.6. The Morgan fingerprint density at radius 2 is 1.82 bits per heavy atom. The van der Waals surface area contributed by atoms with Crippen LogP contribution in [-0.2, 0) is 16.1 Å². The lowest BCUT2D eigenvalue weighted by atomic mass is 9.97. The molecule has 1 saturated heterocycles. The Kier molecular flexibility index (Phi) is 7.88. The van der Waals surface area contributed by atoms with Crippen molar-refractivity contribution in [1.82, 2.24) is 4.90 Å². The van der Waals surface area contributed by atoms with E-state index in [1.807, 2.05) is 57.2 Å². The molecule has 0 bridgehead atoms. The summed E-state index contributed by atoms with van der Waals surface area (Å²) in [6.07, 6.45) is 1.49. The number of hydrogen-bond donors (Lipinski definition) is 0. The Hall–Kier alpha value is -3.17. The molecule has 174 valence electrons. The number of piperidine rings is 1. The van der Waals surface area contributed by atoms with Crippen molar-refractivity contribution >= 4 is 11.9 Å². The Morgan fingerprint density at radius 1 is 1.09 bits per heavy atom. The highest BCUT2D eigenvalue weighted by Crippen LogP contribution is 2.25. The van der Waals surface area contributed by atoms with E-state index in [-0.39, 0.29) is 11.9 Å². The summed E-state index contributed by atoms with van der Waals surface area (Å²) in [5.74, 6) is 0.371. The van der Waals surface area contributed by atoms with Crippen LogP contribution in [0, 0.1) is 17.2 Å². The molecule has 6 heteroatoms. The van der Waals surface area contributed by atoms with Gasteiger partial charge in [-0.05, 0) is 93.5 Å². The molecule has 0 aromatic heterocycles. The van der Waals surface area contributed by atoms with Gasteiger partial charge in [-0.2, -0.15) is 5.26 Å². The molecule has 1 aliphatic rings. The molecule has 3 rings (SSSR count). The zero-order valence-corrected chi connectivity index (χ0v) is 19.9. The van der Waals surface area contributed by atoms with Crippen molar-refractivity contribution in [2.24, 2.45) is 5.92 Å². The van der Waals surface area contributed by atoms with Crippen molar-refractivity contribution in [3.05, 3.63) is 59.2 Å². The van der Waals surface area contributed by atoms with Crippen LogP contribution >= 0.6 is 0 Å². The minimum absolute atomic E-state index is 0.0101. The first-order valence-electron chi connectivity index (χ1n) is 11.4. The maximum atomic E-state index is 12.2. The van der Waals surface area contributed by atoms with Gasteiger partial charge in [0.05, 0.1) is 18.2 Å². The highest BCUT2D eigenvalue weighted by molar-refractivity contribution is 5.95. The molecule has 2 aromatic rings. The quantitative estimate of drug-likeness (QED) is 0.538. The largest absolute Gasteiger partial charge is 0.444 e. The number of ether oxygens (including phenoxy) is 2. The predicted molar refractivity (Wildman–Crippen MR) is 127 cm³/mol. The molecule has 1 heterocycles. The molecule has 1 fully saturated rings. The van der Waals surface area contributed by atoms with E-state index >= 15 is 0 Å². The molecular weight excluding hydrogens is 416 g/mol. The van der Waals surface area contributed by atoms with Crippen LogP contribution in [0.25, 0.3) is 11.1 Å². The molecule has 1 amide bonds. The summed E-state index contributed by atoms with van der Waals surface area (Å²) < 4.78 is 11.5. The van der Waals surface area contributed by atoms with Crippen LogP contribution in [0.1, 0.15) is 62.0 Å². The van der Waals surface area contributed by atoms with Gasteiger partial charge in [-0.25, -0.2) is 4.79 Å². The smallest absolute Gasteiger partial charge is 0.410 e. The number of rotatable bonds is 6. The van der Waals surface area contributed by atoms with Gasteiger partial charge < -0.3 is 14.4 Å². The number of carbonyl (C=O) groups is 2. The van der Waals surface area contributed by atoms with E-state index in [2.05, 4.69) is 6.07 Å². The zero-order chi connectivity index (χ0) is 24.0. The fourth-order valence-corrected chi connectivity index (χ4v) is 3.87. The molecule has 6 nitrogen and oxygen atoms in total. The molecule has 33 heavy (non-hydrogen) atoms. The standard InChI is InChI=1S/C27H32N2O4/c1-19(30)24-13-22(14-25(15-24)23-7-5-6-21(12-23)16-28)18-32-17-20-8-10-29(11-9-20)26(31)33-27(2,3)4/h5-7,12-15,20H,8-11,17-18H2,1-4H3. The van der Waals surface area contributed by atoms with E-state index in [0.29, 0.717) is 43.3 Å². The van der Waals surface area contributed by atoms with Gasteiger partial charge in [-0.3, -0.25) is 4.79 Å². The summed E-state index contributed by atoms with van der Waals surface area (Å²) in [7, 11) is 0. The normalized spacial score (nSPS) is 14.6. The summed E-state index contributed by atoms with van der Waals surface area (Å²) in [5, 5.41) is 9.19. The Labute approximate surface area is 196 Å². The first-order valence-corrected chi connectivity index (χ1v) is 11.4. The maximum Gasteiger partial charge on any atom is 0.410 e. The number of likely N-dealkylation sites (tertiary alicyclic amines) is 1. The lowest BCUT2D eigenvalue weighted by molar-refractivity contribution is 0.0105. The van der Waals surface area contributed by atoms with Gasteiger partial charge in [-0.1, -0.05) is 12.1 Å². The summed E-state index contributed by atoms with van der Waals surface area (Å²) in [6.45, 7) is 9.51. The first kappa shape index (κ1) is 24.5. The molecule has 0 spiro atoms. The topological polar surface area (TPSA) is 79.6 Å². The third kappa shape index (κ3) is 7.16. The van der Waals surface area contributed by atoms with Crippen molar-refractivity contribution < 1.29 is 19.1 Å². The number of amides is 1. The van der Waals surface area contributed by atoms with Gasteiger partial charge in [-0.15, -0.1) is 0 Å². The van der Waals surface area contributed by atoms with E-state index in [1.165, 1.54) is 0 Å². The van der Waals surface area contributed by atoms with Gasteiger partial charge >= 0.3 is 6.09 Å². The number of nitriles is 1. The van der Waals surface area contributed by atoms with Crippen LogP contribution < -0.4 is 0 Å². The molecule has 2 aromatic carbocycles. The monoisotopic (exact) mass is 448 g/mol. The molecular formula is C27H32N2O4. The number of benzene rings is 2. The number of hydrogen-bond acceptors (Lipinski definition) is 5. The van der Waals surface area contributed by atoms with Crippen LogP contribution in [0.15, 0.2) is 42.5 Å². The van der Waals surface area contributed by atoms with Gasteiger partial charge in [0.15, 0.2) is 5.78 Å². The van der Waals surface area contributed by atoms with Crippen LogP contribution in [0.3, 0.4) is 0 Å². The minimum Gasteiger partial charge on any atom is -0.444 e. The van der Waals surface area contributed by atoms with Crippen molar-refractivity contribution in [3.8, 4) is 17.2 Å². The number of nitrogens with zero attached hydrogens (tertiary/aromatic N) is 2. The van der Waals surface area contributed by atoms with E-state index in [0.717, 1.165) is 29.5 Å². The number of carbonyl (C=O) groups excluding carboxylic acids is 2. The van der Waals surface area contributed by atoms with Crippen molar-refractivity contribution in [3.63, 3.8) is 0 Å². The molecule has 0 atom stereocenters. The molecule has 0 radical (unpaired) electrons. The van der Waals surface area contributed by atoms with Crippen molar-refractivity contribution in [1.29, 1.82) is 5.26 Å². The second-order valence-corrected chi connectivity index (χ2v) is 9.59. The van der Waals surface area contributed by atoms with Crippen molar-refractivity contribution in [2.45, 2.75) is 52.7 Å². The average Bonchev–Trinajstić information content (AvgIpc) is 2.78. The Morgan fingerprint density at radius 3 is 2.45 bits per heavy atom. The predicted octanol–water partition coefficient (Wildman–Crippen LogP) is 5.59. The van der Waals surface area contributed by atoms with Gasteiger partial charge in [0, 0.05) is 25.3 Å². The molecule has 0 saturated carbocycles. The highest BCUT2D eigenvalue weighted by Gasteiger charge is 2.26. The van der Waals surface area contributed by atoms with Crippen LogP contribution in [0.4, 0.5) is 4.79 Å². The van der Waals surface area contributed by atoms with E-state index in [1.54, 1.807) is 17.9 Å². The van der Waals surface area contributed by atoms with E-state index < -0.39 is 5.60 Å². The summed E-state index contributed by atoms with van der Waals surface area (Å²) in [5.41, 5.74) is 3.43. The first-order chi connectivity index (χ1) is 15.6. The fraction of sp³-hybridized carbons (Fsp3) is 0.444. The van der Waals surface area contributed by atoms with Crippen LogP contribution in [0.2, 0.25) is 0 Å². The third-order valence-corrected chi connectivity index (χ3v) is 5.61. The average molecular weight is 449 g/mol. The summed E-state index contributed by atoms with van der Waals surface area (Å²) in [6, 6.07) is 15.2. The zero-order valence-electron chi connectivity index (χ0n) is 19.9. The molecule has 0 unspecified atom stereocenters. The summed E-state index contributed by atoms with van der Waals surface area (Å²) in [4.78, 5) is 26.0. The van der Waals surface area contributed by atoms with Crippen molar-refractivity contribution in [2.75, 3.05) is 19.7 Å². The highest BCUT2D eigenvalue weighted by atomic mass is 16.6. The lowest BCUT2D eigenvalue weighted by Gasteiger charge is -2.33. The van der Waals surface area contributed by atoms with Gasteiger partial charge in [0.2, 0.25) is 0 Å². The second-order valence-electron chi connectivity index (χ2n) is 9.59. The Balaban J connectivity index is 1.58. The Bertz CT molecular complexity index is 1040. The number of ketones is 1. The van der Waals surface area contributed by atoms with Gasteiger partial charge in [0.1, 0.15) is 5.60 Å². The molecule has 0 aliphatic carbocycles. The maximum absolute atomic E-state index is 12.2. The summed E-state index contributed by atoms with van der Waals surface area (Å²) >= 11 is 0. The van der Waals surface area contributed by atoms with E-state index in [4.69, 9.17) is 9.47 Å². The van der Waals surface area contributed by atoms with Crippen LogP contribution in [-0.4, -0.2) is 42.1 Å². The molecule has 0 N–H and O–H groups in total. The van der Waals surface area contributed by atoms with Gasteiger partial charge in [0.25, 0.3) is 0 Å². The SMILES string of the molecule is CC(=O)c1cc(COCC2CCN(C(=O)OC(C)(C)C)CC2)cc(-c2cccc(C#N)c2)c1. The minimum atomic E-state index is -0.486. The van der Waals surface area contributed by atoms with E-state index in [9.17, 15) is 14.9 Å². The fourth-order valence-electron chi connectivity index (χ4n) is 3.87. The lowest BCUT2D eigenvalue weighted by Crippen LogP contribution is -2.42. The van der Waals surface area contributed by atoms with Crippen LogP contribution in [0.5, 0.6) is 0 Å².